The number of benzene rings is 19. The SMILES string of the molecule is Brc1c2ccccc2cc2ccccc12.COc1ccc(-c2c3ccccc3c(-c3cnc4ccccc4c3)c3ccccc23)cc1.COc1ccc(-c2c3ccccc3c(Br)c3ccccc23)cc1.COc1ccc(-c2c3ccccc3cc3ccccc23)cc1.COc1ccc(B(O)O)cc1.COc1ccc(Br)cc1.ClC(Cl)Cl.OB(O)c1cnc2ccccc2c1.[B]=NS. The van der Waals surface area contributed by atoms with Crippen molar-refractivity contribution in [2.24, 2.45) is 4.30 Å². The topological polar surface area (TPSA) is 165 Å². The fourth-order valence-electron chi connectivity index (χ4n) is 15.5. The number of hydrogen-bond donors (Lipinski definition) is 5. The summed E-state index contributed by atoms with van der Waals surface area (Å²) in [5.74, 6) is 4.21. The van der Waals surface area contributed by atoms with E-state index in [4.69, 9.17) is 83.6 Å². The molecule has 0 unspecified atom stereocenters. The van der Waals surface area contributed by atoms with Crippen LogP contribution in [0.3, 0.4) is 0 Å². The zero-order chi connectivity index (χ0) is 93.0. The third-order valence-electron chi connectivity index (χ3n) is 21.7. The molecule has 12 nitrogen and oxygen atoms in total. The number of alkyl halides is 3. The number of halogens is 6. The van der Waals surface area contributed by atoms with Crippen molar-refractivity contribution in [2.45, 2.75) is 4.30 Å². The number of para-hydroxylation sites is 2. The number of methoxy groups -OCH3 is 5. The molecule has 0 saturated carbocycles. The van der Waals surface area contributed by atoms with E-state index in [1.54, 1.807) is 65.9 Å². The van der Waals surface area contributed by atoms with Crippen molar-refractivity contribution in [2.75, 3.05) is 35.5 Å². The summed E-state index contributed by atoms with van der Waals surface area (Å²) in [5.41, 5.74) is 12.5. The molecule has 21 rings (SSSR count). The Morgan fingerprint density at radius 1 is 0.280 bits per heavy atom. The molecule has 2 heterocycles. The summed E-state index contributed by atoms with van der Waals surface area (Å²) in [5, 5.41) is 57.4. The van der Waals surface area contributed by atoms with Gasteiger partial charge in [-0.15, -0.1) is 0 Å². The Balaban J connectivity index is 0.000000134. The number of pyridine rings is 2. The summed E-state index contributed by atoms with van der Waals surface area (Å²) < 4.78 is 31.2. The summed E-state index contributed by atoms with van der Waals surface area (Å²) in [7, 11) is 9.79. The van der Waals surface area contributed by atoms with Crippen LogP contribution in [0.15, 0.2) is 418 Å². The van der Waals surface area contributed by atoms with Crippen molar-refractivity contribution in [1.82, 2.24) is 9.97 Å². The molecule has 0 aliphatic rings. The van der Waals surface area contributed by atoms with Crippen LogP contribution >= 0.6 is 95.4 Å². The van der Waals surface area contributed by atoms with E-state index < -0.39 is 18.5 Å². The predicted molar refractivity (Wildman–Crippen MR) is 572 cm³/mol. The molecule has 0 fully saturated rings. The van der Waals surface area contributed by atoms with Gasteiger partial charge in [-0.25, -0.2) is 0 Å². The zero-order valence-electron chi connectivity index (χ0n) is 72.3. The predicted octanol–water partition coefficient (Wildman–Crippen LogP) is 28.7. The number of hydrogen-bond acceptors (Lipinski definition) is 13. The second-order valence-corrected chi connectivity index (χ2v) is 34.3. The van der Waals surface area contributed by atoms with Crippen molar-refractivity contribution in [1.29, 1.82) is 0 Å². The van der Waals surface area contributed by atoms with Crippen LogP contribution in [-0.2, 0) is 0 Å². The van der Waals surface area contributed by atoms with Gasteiger partial charge in [0, 0.05) is 42.2 Å². The Bertz CT molecular complexity index is 7250. The van der Waals surface area contributed by atoms with Crippen LogP contribution in [-0.4, -0.2) is 91.8 Å². The van der Waals surface area contributed by atoms with Gasteiger partial charge in [-0.05, 0) is 271 Å². The molecule has 0 aliphatic heterocycles. The molecule has 0 aliphatic carbocycles. The fourth-order valence-corrected chi connectivity index (χ4v) is 17.2. The van der Waals surface area contributed by atoms with Gasteiger partial charge in [0.2, 0.25) is 0 Å². The van der Waals surface area contributed by atoms with Gasteiger partial charge in [0.25, 0.3) is 0 Å². The molecule has 653 valence electrons. The van der Waals surface area contributed by atoms with Crippen LogP contribution in [0, 0.1) is 0 Å². The molecule has 0 bridgehead atoms. The van der Waals surface area contributed by atoms with E-state index in [9.17, 15) is 0 Å². The normalized spacial score (nSPS) is 10.5. The molecule has 1 radical (unpaired) electrons. The summed E-state index contributed by atoms with van der Waals surface area (Å²) in [6, 6.07) is 132. The maximum atomic E-state index is 8.90. The monoisotopic (exact) mass is 2000 g/mol. The van der Waals surface area contributed by atoms with Crippen LogP contribution in [0.1, 0.15) is 0 Å². The average molecular weight is 2010 g/mol. The minimum absolute atomic E-state index is 0.415. The van der Waals surface area contributed by atoms with Crippen molar-refractivity contribution < 1.29 is 43.8 Å². The van der Waals surface area contributed by atoms with Crippen LogP contribution in [0.25, 0.3) is 152 Å². The number of fused-ring (bicyclic) bond motifs is 10. The van der Waals surface area contributed by atoms with Gasteiger partial charge in [0.1, 0.15) is 28.7 Å². The number of thiol groups is 1. The Hall–Kier alpha value is -12.4. The molecule has 132 heavy (non-hydrogen) atoms. The number of ether oxygens (including phenoxy) is 5. The van der Waals surface area contributed by atoms with Crippen molar-refractivity contribution in [3.63, 3.8) is 0 Å². The first kappa shape index (κ1) is 97.1. The maximum absolute atomic E-state index is 8.90. The summed E-state index contributed by atoms with van der Waals surface area (Å²) in [6.07, 6.45) is 3.47. The Labute approximate surface area is 814 Å². The van der Waals surface area contributed by atoms with Crippen LogP contribution in [0.2, 0.25) is 0 Å². The number of rotatable bonds is 11. The van der Waals surface area contributed by atoms with Gasteiger partial charge in [0.15, 0.2) is 4.30 Å². The summed E-state index contributed by atoms with van der Waals surface area (Å²) in [4.78, 5) is 8.84. The first-order valence-corrected chi connectivity index (χ1v) is 45.7. The van der Waals surface area contributed by atoms with E-state index in [-0.39, 0.29) is 0 Å². The van der Waals surface area contributed by atoms with E-state index in [0.717, 1.165) is 59.3 Å². The molecule has 0 saturated heterocycles. The third kappa shape index (κ3) is 24.5. The van der Waals surface area contributed by atoms with Gasteiger partial charge < -0.3 is 43.8 Å². The Morgan fingerprint density at radius 3 is 0.848 bits per heavy atom. The quantitative estimate of drug-likeness (QED) is 0.0362. The number of nitrogens with zero attached hydrogens (tertiary/aromatic N) is 3. The van der Waals surface area contributed by atoms with E-state index in [2.05, 4.69) is 344 Å². The van der Waals surface area contributed by atoms with E-state index >= 15 is 0 Å². The summed E-state index contributed by atoms with van der Waals surface area (Å²) >= 11 is 28.4. The first-order chi connectivity index (χ1) is 64.3. The zero-order valence-corrected chi connectivity index (χ0v) is 80.2. The van der Waals surface area contributed by atoms with Gasteiger partial charge in [-0.1, -0.05) is 336 Å². The molecule has 0 amide bonds. The van der Waals surface area contributed by atoms with Crippen LogP contribution in [0.4, 0.5) is 0 Å². The van der Waals surface area contributed by atoms with Gasteiger partial charge in [0.05, 0.1) is 46.6 Å². The molecular weight excluding hydrogens is 1920 g/mol. The molecule has 19 aromatic carbocycles. The van der Waals surface area contributed by atoms with Crippen molar-refractivity contribution in [3.8, 4) is 73.3 Å². The van der Waals surface area contributed by atoms with E-state index in [1.807, 2.05) is 97.2 Å². The second-order valence-electron chi connectivity index (χ2n) is 29.6. The van der Waals surface area contributed by atoms with E-state index in [1.165, 1.54) is 136 Å². The Morgan fingerprint density at radius 2 is 0.515 bits per heavy atom. The molecule has 0 atom stereocenters. The average Bonchev–Trinajstić information content (AvgIpc) is 0.737. The van der Waals surface area contributed by atoms with Crippen LogP contribution in [0.5, 0.6) is 28.7 Å². The molecule has 21 aromatic rings. The molecule has 0 spiro atoms. The fraction of sp³-hybridized carbons (Fsp3) is 0.0545. The number of aromatic nitrogens is 2. The molecular formula is C110H87B3Br3Cl3N3O9S. The second kappa shape index (κ2) is 48.1. The van der Waals surface area contributed by atoms with Gasteiger partial charge in [-0.2, -0.15) is 0 Å². The standard InChI is InChI=1S/C30H21NO.C21H15BrO.C21H16O.C14H9Br.C9H8BNO2.C7H9BO3.C7H7BrO.CHCl3.BHNS/c1-32-23-16-14-20(15-17-23)29-24-9-3-5-11-26(24)30(27-12-6-4-10-25(27)29)22-18-21-8-2-7-13-28(21)31-19-22;1-23-15-12-10-14(11-13-15)20-16-6-2-4-8-18(16)21(22)19-9-5-3-7-17(19)20;1-22-18-12-10-15(11-13-18)21-19-8-4-2-6-16(19)14-17-7-3-5-9-20(17)21;15-14-12-7-3-1-5-10(12)9-11-6-2-4-8-13(11)14;12-10(13)8-5-7-3-1-2-4-9(7)11-6-8;1-11-7-4-2-6(3-5-7)8(9)10;1-9-7-4-2-6(8)3-5-7;2-1(3)4;1-2-3/h2-19H,1H3;2-13H,1H3;2-14H,1H3;1-9H;1-6,12-13H;2-5,9-10H,1H3;2-5H,1H3;1H;3H. The summed E-state index contributed by atoms with van der Waals surface area (Å²) in [6.45, 7) is 0. The van der Waals surface area contributed by atoms with Gasteiger partial charge in [-0.3, -0.25) is 9.97 Å². The van der Waals surface area contributed by atoms with Crippen molar-refractivity contribution >= 4 is 236 Å². The van der Waals surface area contributed by atoms with Gasteiger partial charge >= 0.3 is 39.0 Å². The minimum atomic E-state index is -1.45. The molecule has 2 aromatic heterocycles. The Kier molecular flexibility index (Phi) is 35.4. The van der Waals surface area contributed by atoms with Crippen molar-refractivity contribution in [3.05, 3.63) is 414 Å². The third-order valence-corrected chi connectivity index (χ3v) is 23.9. The molecule has 22 heteroatoms. The molecule has 4 N–H and O–H groups in total. The van der Waals surface area contributed by atoms with E-state index in [0.29, 0.717) is 16.7 Å². The van der Waals surface area contributed by atoms with Crippen LogP contribution < -0.4 is 34.6 Å². The first-order valence-electron chi connectivity index (χ1n) is 41.6.